The lowest BCUT2D eigenvalue weighted by molar-refractivity contribution is -0.136. The van der Waals surface area contributed by atoms with E-state index < -0.39 is 11.7 Å². The second-order valence-corrected chi connectivity index (χ2v) is 5.12. The van der Waals surface area contributed by atoms with Crippen LogP contribution in [0.15, 0.2) is 18.2 Å². The van der Waals surface area contributed by atoms with Crippen molar-refractivity contribution in [3.8, 4) is 0 Å². The van der Waals surface area contributed by atoms with Crippen molar-refractivity contribution < 1.29 is 13.2 Å². The fraction of sp³-hybridized carbons (Fsp3) is 0.538. The number of benzene rings is 1. The van der Waals surface area contributed by atoms with Gasteiger partial charge in [-0.25, -0.2) is 0 Å². The molecule has 0 bridgehead atoms. The summed E-state index contributed by atoms with van der Waals surface area (Å²) in [4.78, 5) is 1.86. The molecule has 2 N–H and O–H groups in total. The predicted octanol–water partition coefficient (Wildman–Crippen LogP) is 3.38. The Balaban J connectivity index is 2.18. The minimum absolute atomic E-state index is 0.223. The maximum Gasteiger partial charge on any atom is 0.418 e. The van der Waals surface area contributed by atoms with Gasteiger partial charge in [-0.05, 0) is 36.5 Å². The van der Waals surface area contributed by atoms with Gasteiger partial charge in [0.25, 0.3) is 0 Å². The number of nitrogen functional groups attached to an aromatic ring is 1. The number of alkyl halides is 3. The molecule has 2 atom stereocenters. The summed E-state index contributed by atoms with van der Waals surface area (Å²) in [6.07, 6.45) is -3.24. The number of halogens is 3. The molecule has 18 heavy (non-hydrogen) atoms. The van der Waals surface area contributed by atoms with Crippen LogP contribution in [0.25, 0.3) is 0 Å². The van der Waals surface area contributed by atoms with Gasteiger partial charge in [0.15, 0.2) is 0 Å². The van der Waals surface area contributed by atoms with Crippen LogP contribution in [0.1, 0.15) is 18.9 Å². The van der Waals surface area contributed by atoms with Crippen LogP contribution in [0.3, 0.4) is 0 Å². The van der Waals surface area contributed by atoms with Crippen molar-refractivity contribution in [2.24, 2.45) is 11.8 Å². The van der Waals surface area contributed by atoms with Crippen molar-refractivity contribution in [1.29, 1.82) is 0 Å². The third-order valence-electron chi connectivity index (χ3n) is 3.57. The van der Waals surface area contributed by atoms with Gasteiger partial charge in [0, 0.05) is 25.0 Å². The first-order valence-corrected chi connectivity index (χ1v) is 5.97. The molecule has 0 spiro atoms. The molecular formula is C13H17F3N2. The van der Waals surface area contributed by atoms with Gasteiger partial charge in [-0.2, -0.15) is 13.2 Å². The zero-order valence-electron chi connectivity index (χ0n) is 10.5. The fourth-order valence-corrected chi connectivity index (χ4v) is 2.14. The van der Waals surface area contributed by atoms with Crippen LogP contribution in [-0.4, -0.2) is 13.6 Å². The molecule has 0 aliphatic heterocycles. The molecule has 2 unspecified atom stereocenters. The molecular weight excluding hydrogens is 241 g/mol. The third kappa shape index (κ3) is 2.71. The van der Waals surface area contributed by atoms with E-state index in [9.17, 15) is 13.2 Å². The van der Waals surface area contributed by atoms with Gasteiger partial charge in [0.2, 0.25) is 0 Å². The summed E-state index contributed by atoms with van der Waals surface area (Å²) < 4.78 is 38.2. The number of rotatable bonds is 3. The Hall–Kier alpha value is -1.39. The van der Waals surface area contributed by atoms with E-state index in [0.29, 0.717) is 17.5 Å². The predicted molar refractivity (Wildman–Crippen MR) is 66.4 cm³/mol. The standard InChI is InChI=1S/C13H17F3N2/c1-8-5-9(8)7-18(2)10-3-4-12(17)11(6-10)13(14,15)16/h3-4,6,8-9H,5,7,17H2,1-2H3. The number of nitrogens with two attached hydrogens (primary N) is 1. The van der Waals surface area contributed by atoms with Crippen molar-refractivity contribution in [2.45, 2.75) is 19.5 Å². The van der Waals surface area contributed by atoms with Crippen LogP contribution >= 0.6 is 0 Å². The second kappa shape index (κ2) is 4.37. The summed E-state index contributed by atoms with van der Waals surface area (Å²) in [6, 6.07) is 4.09. The Morgan fingerprint density at radius 3 is 2.50 bits per heavy atom. The number of anilines is 2. The molecule has 2 rings (SSSR count). The largest absolute Gasteiger partial charge is 0.418 e. The average Bonchev–Trinajstić information content (AvgIpc) is 2.93. The first kappa shape index (κ1) is 13.1. The van der Waals surface area contributed by atoms with Crippen LogP contribution in [0, 0.1) is 11.8 Å². The Kier molecular flexibility index (Phi) is 3.17. The third-order valence-corrected chi connectivity index (χ3v) is 3.57. The van der Waals surface area contributed by atoms with Gasteiger partial charge < -0.3 is 10.6 Å². The van der Waals surface area contributed by atoms with E-state index in [2.05, 4.69) is 6.92 Å². The molecule has 1 aliphatic carbocycles. The summed E-state index contributed by atoms with van der Waals surface area (Å²) in [5, 5.41) is 0. The summed E-state index contributed by atoms with van der Waals surface area (Å²) in [5.74, 6) is 1.28. The Morgan fingerprint density at radius 1 is 1.39 bits per heavy atom. The quantitative estimate of drug-likeness (QED) is 0.842. The van der Waals surface area contributed by atoms with E-state index in [1.165, 1.54) is 6.07 Å². The lowest BCUT2D eigenvalue weighted by Crippen LogP contribution is -2.21. The molecule has 0 saturated heterocycles. The van der Waals surface area contributed by atoms with E-state index in [0.717, 1.165) is 19.0 Å². The molecule has 1 aromatic rings. The average molecular weight is 258 g/mol. The maximum absolute atomic E-state index is 12.7. The van der Waals surface area contributed by atoms with Gasteiger partial charge in [-0.1, -0.05) is 6.92 Å². The summed E-state index contributed by atoms with van der Waals surface area (Å²) in [7, 11) is 1.82. The minimum Gasteiger partial charge on any atom is -0.398 e. The van der Waals surface area contributed by atoms with Crippen molar-refractivity contribution >= 4 is 11.4 Å². The van der Waals surface area contributed by atoms with Crippen molar-refractivity contribution in [3.63, 3.8) is 0 Å². The normalized spacial score (nSPS) is 22.9. The lowest BCUT2D eigenvalue weighted by atomic mass is 10.1. The second-order valence-electron chi connectivity index (χ2n) is 5.12. The molecule has 0 heterocycles. The Bertz CT molecular complexity index is 442. The minimum atomic E-state index is -4.40. The van der Waals surface area contributed by atoms with E-state index in [-0.39, 0.29) is 5.69 Å². The highest BCUT2D eigenvalue weighted by Gasteiger charge is 2.35. The van der Waals surface area contributed by atoms with E-state index in [1.807, 2.05) is 11.9 Å². The van der Waals surface area contributed by atoms with Crippen molar-refractivity contribution in [3.05, 3.63) is 23.8 Å². The number of hydrogen-bond acceptors (Lipinski definition) is 2. The van der Waals surface area contributed by atoms with E-state index in [1.54, 1.807) is 6.07 Å². The van der Waals surface area contributed by atoms with Crippen molar-refractivity contribution in [2.75, 3.05) is 24.2 Å². The Morgan fingerprint density at radius 2 is 2.00 bits per heavy atom. The summed E-state index contributed by atoms with van der Waals surface area (Å²) >= 11 is 0. The highest BCUT2D eigenvalue weighted by atomic mass is 19.4. The highest BCUT2D eigenvalue weighted by molar-refractivity contribution is 5.59. The number of hydrogen-bond donors (Lipinski definition) is 1. The Labute approximate surface area is 105 Å². The fourth-order valence-electron chi connectivity index (χ4n) is 2.14. The van der Waals surface area contributed by atoms with Gasteiger partial charge in [-0.3, -0.25) is 0 Å². The first-order chi connectivity index (χ1) is 8.29. The van der Waals surface area contributed by atoms with Gasteiger partial charge in [-0.15, -0.1) is 0 Å². The topological polar surface area (TPSA) is 29.3 Å². The highest BCUT2D eigenvalue weighted by Crippen LogP contribution is 2.40. The van der Waals surface area contributed by atoms with Crippen LogP contribution < -0.4 is 10.6 Å². The van der Waals surface area contributed by atoms with E-state index >= 15 is 0 Å². The molecule has 0 radical (unpaired) electrons. The molecule has 1 saturated carbocycles. The SMILES string of the molecule is CC1CC1CN(C)c1ccc(N)c(C(F)(F)F)c1. The molecule has 2 nitrogen and oxygen atoms in total. The molecule has 1 fully saturated rings. The molecule has 1 aromatic carbocycles. The summed E-state index contributed by atoms with van der Waals surface area (Å²) in [5.41, 5.74) is 4.96. The zero-order chi connectivity index (χ0) is 13.5. The molecule has 1 aliphatic rings. The van der Waals surface area contributed by atoms with Crippen LogP contribution in [0.2, 0.25) is 0 Å². The van der Waals surface area contributed by atoms with Gasteiger partial charge in [0.05, 0.1) is 5.56 Å². The van der Waals surface area contributed by atoms with Crippen LogP contribution in [0.5, 0.6) is 0 Å². The zero-order valence-corrected chi connectivity index (χ0v) is 10.5. The first-order valence-electron chi connectivity index (χ1n) is 5.97. The maximum atomic E-state index is 12.7. The molecule has 0 aromatic heterocycles. The molecule has 5 heteroatoms. The molecule has 0 amide bonds. The smallest absolute Gasteiger partial charge is 0.398 e. The van der Waals surface area contributed by atoms with E-state index in [4.69, 9.17) is 5.73 Å². The van der Waals surface area contributed by atoms with Crippen LogP contribution in [0.4, 0.5) is 24.5 Å². The number of nitrogens with zero attached hydrogens (tertiary/aromatic N) is 1. The van der Waals surface area contributed by atoms with Gasteiger partial charge >= 0.3 is 6.18 Å². The van der Waals surface area contributed by atoms with Crippen molar-refractivity contribution in [1.82, 2.24) is 0 Å². The van der Waals surface area contributed by atoms with Gasteiger partial charge in [0.1, 0.15) is 0 Å². The lowest BCUT2D eigenvalue weighted by Gasteiger charge is -2.21. The monoisotopic (exact) mass is 258 g/mol. The van der Waals surface area contributed by atoms with Crippen LogP contribution in [-0.2, 0) is 6.18 Å². The molecule has 100 valence electrons. The summed E-state index contributed by atoms with van der Waals surface area (Å²) in [6.45, 7) is 2.95.